The van der Waals surface area contributed by atoms with Crippen molar-refractivity contribution in [3.63, 3.8) is 0 Å². The first-order valence-electron chi connectivity index (χ1n) is 24.5. The molecule has 0 heterocycles. The Labute approximate surface area is 405 Å². The fourth-order valence-corrected chi connectivity index (χ4v) is 9.31. The second-order valence-electron chi connectivity index (χ2n) is 17.6. The molecule has 4 heteroatoms. The predicted molar refractivity (Wildman–Crippen MR) is 292 cm³/mol. The van der Waals surface area contributed by atoms with Gasteiger partial charge in [0, 0.05) is 68.2 Å². The molecule has 9 aromatic rings. The van der Waals surface area contributed by atoms with Gasteiger partial charge in [-0.1, -0.05) is 143 Å². The largest absolute Gasteiger partial charge is 0.311 e. The molecule has 0 aliphatic carbocycles. The number of rotatable bonds is 19. The number of hydrogen-bond acceptors (Lipinski definition) is 4. The van der Waals surface area contributed by atoms with Crippen LogP contribution in [-0.2, 0) is 6.42 Å². The number of benzene rings is 9. The highest BCUT2D eigenvalue weighted by molar-refractivity contribution is 5.86. The third-order valence-corrected chi connectivity index (χ3v) is 12.8. The number of hydrogen-bond donors (Lipinski definition) is 0. The quantitative estimate of drug-likeness (QED) is 0.0750. The van der Waals surface area contributed by atoms with Gasteiger partial charge in [0.2, 0.25) is 0 Å². The van der Waals surface area contributed by atoms with Crippen molar-refractivity contribution in [2.75, 3.05) is 19.6 Å². The van der Waals surface area contributed by atoms with E-state index >= 15 is 0 Å². The van der Waals surface area contributed by atoms with Gasteiger partial charge in [-0.05, 0) is 176 Å². The third-order valence-electron chi connectivity index (χ3n) is 12.8. The van der Waals surface area contributed by atoms with Gasteiger partial charge < -0.3 is 19.6 Å². The van der Waals surface area contributed by atoms with E-state index in [1.807, 2.05) is 0 Å². The lowest BCUT2D eigenvalue weighted by atomic mass is 9.96. The van der Waals surface area contributed by atoms with E-state index in [0.717, 1.165) is 74.7 Å². The Bertz CT molecular complexity index is 2900. The third kappa shape index (κ3) is 10.6. The van der Waals surface area contributed by atoms with Crippen molar-refractivity contribution in [1.82, 2.24) is 0 Å². The number of nitrogens with zero attached hydrogens (tertiary/aromatic N) is 4. The summed E-state index contributed by atoms with van der Waals surface area (Å²) in [5, 5.41) is 0. The molecule has 338 valence electrons. The number of unbranched alkanes of at least 4 members (excludes halogenated alkanes) is 2. The molecular formula is C64H62N4. The molecule has 0 aliphatic rings. The van der Waals surface area contributed by atoms with Crippen LogP contribution in [0.4, 0.5) is 68.2 Å². The van der Waals surface area contributed by atoms with Crippen molar-refractivity contribution >= 4 is 68.2 Å². The summed E-state index contributed by atoms with van der Waals surface area (Å²) in [6.45, 7) is 6.85. The van der Waals surface area contributed by atoms with Crippen LogP contribution in [0.15, 0.2) is 243 Å². The normalized spacial score (nSPS) is 11.5. The van der Waals surface area contributed by atoms with Crippen LogP contribution in [0.25, 0.3) is 0 Å². The predicted octanol–water partition coefficient (Wildman–Crippen LogP) is 19.2. The van der Waals surface area contributed by atoms with Gasteiger partial charge in [-0.15, -0.1) is 0 Å². The van der Waals surface area contributed by atoms with Gasteiger partial charge in [0.1, 0.15) is 0 Å². The monoisotopic (exact) mass is 886 g/mol. The van der Waals surface area contributed by atoms with Crippen molar-refractivity contribution in [2.24, 2.45) is 0 Å². The van der Waals surface area contributed by atoms with E-state index in [1.54, 1.807) is 0 Å². The lowest BCUT2D eigenvalue weighted by Gasteiger charge is -2.31. The molecule has 4 nitrogen and oxygen atoms in total. The summed E-state index contributed by atoms with van der Waals surface area (Å²) in [5.74, 6) is 0.533. The second-order valence-corrected chi connectivity index (χ2v) is 17.6. The summed E-state index contributed by atoms with van der Waals surface area (Å²) in [6.07, 6.45) is 7.19. The van der Waals surface area contributed by atoms with Crippen molar-refractivity contribution in [3.05, 3.63) is 254 Å². The molecule has 1 unspecified atom stereocenters. The average molecular weight is 887 g/mol. The molecule has 68 heavy (non-hydrogen) atoms. The molecule has 0 saturated carbocycles. The van der Waals surface area contributed by atoms with Gasteiger partial charge in [-0.25, -0.2) is 0 Å². The van der Waals surface area contributed by atoms with E-state index in [1.165, 1.54) is 43.2 Å². The van der Waals surface area contributed by atoms with Gasteiger partial charge in [0.15, 0.2) is 0 Å². The number of aryl methyl sites for hydroxylation is 1. The molecule has 0 saturated heterocycles. The Morgan fingerprint density at radius 3 is 0.926 bits per heavy atom. The van der Waals surface area contributed by atoms with Crippen LogP contribution in [0, 0.1) is 0 Å². The zero-order valence-electron chi connectivity index (χ0n) is 39.7. The Hall–Kier alpha value is -7.82. The smallest absolute Gasteiger partial charge is 0.0482 e. The lowest BCUT2D eigenvalue weighted by Crippen LogP contribution is -2.14. The molecule has 0 aliphatic heterocycles. The second kappa shape index (κ2) is 22.1. The number of para-hydroxylation sites is 4. The Kier molecular flexibility index (Phi) is 14.7. The van der Waals surface area contributed by atoms with Crippen molar-refractivity contribution in [1.29, 1.82) is 0 Å². The highest BCUT2D eigenvalue weighted by atomic mass is 15.2. The van der Waals surface area contributed by atoms with Crippen LogP contribution >= 0.6 is 0 Å². The zero-order chi connectivity index (χ0) is 46.5. The fraction of sp³-hybridized carbons (Fsp3) is 0.156. The highest BCUT2D eigenvalue weighted by Crippen LogP contribution is 2.43. The minimum absolute atomic E-state index is 0.533. The first-order chi connectivity index (χ1) is 33.6. The fourth-order valence-electron chi connectivity index (χ4n) is 9.31. The zero-order valence-corrected chi connectivity index (χ0v) is 39.7. The van der Waals surface area contributed by atoms with Crippen LogP contribution in [0.1, 0.15) is 69.9 Å². The summed E-state index contributed by atoms with van der Waals surface area (Å²) in [5.41, 5.74) is 15.9. The van der Waals surface area contributed by atoms with E-state index in [4.69, 9.17) is 0 Å². The van der Waals surface area contributed by atoms with E-state index in [-0.39, 0.29) is 0 Å². The Morgan fingerprint density at radius 1 is 0.294 bits per heavy atom. The van der Waals surface area contributed by atoms with Gasteiger partial charge in [-0.2, -0.15) is 0 Å². The maximum Gasteiger partial charge on any atom is 0.0482 e. The lowest BCUT2D eigenvalue weighted by molar-refractivity contribution is 0.665. The molecule has 0 amide bonds. The van der Waals surface area contributed by atoms with E-state index < -0.39 is 0 Å². The molecule has 0 fully saturated rings. The van der Waals surface area contributed by atoms with Crippen LogP contribution in [0.2, 0.25) is 0 Å². The van der Waals surface area contributed by atoms with Gasteiger partial charge in [0.25, 0.3) is 0 Å². The Balaban J connectivity index is 1.06. The number of anilines is 12. The van der Waals surface area contributed by atoms with Crippen LogP contribution < -0.4 is 19.6 Å². The van der Waals surface area contributed by atoms with Crippen molar-refractivity contribution in [2.45, 2.75) is 65.2 Å². The van der Waals surface area contributed by atoms with Gasteiger partial charge >= 0.3 is 0 Å². The maximum atomic E-state index is 2.35. The van der Waals surface area contributed by atoms with Gasteiger partial charge in [-0.3, -0.25) is 0 Å². The maximum absolute atomic E-state index is 2.35. The SMILES string of the molecule is CCCCCc1ccc(N(c2ccccc2)c2ccc(N(c3ccccc3)c3cccc(N(c4ccccc4)c4ccc(N(c5ccccc5)c5ccc(C(C)CCC)cc5)cc4)c3)cc2)cc1. The average Bonchev–Trinajstić information content (AvgIpc) is 3.40. The van der Waals surface area contributed by atoms with Gasteiger partial charge in [0.05, 0.1) is 0 Å². The standard InChI is InChI=1S/C64H62N4/c1-4-6-11-22-51-33-37-57(38-34-51)65(53-23-12-7-13-24-53)59-41-45-61(46-42-59)67(55-27-16-9-17-28-55)63-31-20-32-64(49-63)68(56-29-18-10-19-30-56)62-47-43-60(44-48-62)66(54-25-14-8-15-26-54)58-39-35-52(36-40-58)50(3)21-5-2/h7-10,12-20,23-50H,4-6,11,21-22H2,1-3H3. The molecule has 0 aromatic heterocycles. The van der Waals surface area contributed by atoms with E-state index in [0.29, 0.717) is 5.92 Å². The highest BCUT2D eigenvalue weighted by Gasteiger charge is 2.20. The molecule has 0 bridgehead atoms. The van der Waals surface area contributed by atoms with E-state index in [9.17, 15) is 0 Å². The van der Waals surface area contributed by atoms with Crippen LogP contribution in [0.3, 0.4) is 0 Å². The molecular weight excluding hydrogens is 825 g/mol. The van der Waals surface area contributed by atoms with E-state index in [2.05, 4.69) is 283 Å². The molecule has 0 N–H and O–H groups in total. The summed E-state index contributed by atoms with van der Waals surface area (Å²) in [7, 11) is 0. The molecule has 9 rings (SSSR count). The summed E-state index contributed by atoms with van der Waals surface area (Å²) in [4.78, 5) is 9.39. The molecule has 0 spiro atoms. The summed E-state index contributed by atoms with van der Waals surface area (Å²) < 4.78 is 0. The minimum Gasteiger partial charge on any atom is -0.311 e. The topological polar surface area (TPSA) is 13.0 Å². The van der Waals surface area contributed by atoms with Crippen LogP contribution in [-0.4, -0.2) is 0 Å². The first kappa shape index (κ1) is 45.3. The Morgan fingerprint density at radius 2 is 0.588 bits per heavy atom. The summed E-state index contributed by atoms with van der Waals surface area (Å²) >= 11 is 0. The van der Waals surface area contributed by atoms with Crippen molar-refractivity contribution < 1.29 is 0 Å². The van der Waals surface area contributed by atoms with Crippen LogP contribution in [0.5, 0.6) is 0 Å². The first-order valence-corrected chi connectivity index (χ1v) is 24.5. The molecule has 0 radical (unpaired) electrons. The summed E-state index contributed by atoms with van der Waals surface area (Å²) in [6, 6.07) is 87.8. The minimum atomic E-state index is 0.533. The molecule has 1 atom stereocenters. The van der Waals surface area contributed by atoms with Crippen molar-refractivity contribution in [3.8, 4) is 0 Å². The molecule has 9 aromatic carbocycles.